The van der Waals surface area contributed by atoms with E-state index >= 15 is 0 Å². The van der Waals surface area contributed by atoms with Gasteiger partial charge in [0.05, 0.1) is 5.69 Å². The summed E-state index contributed by atoms with van der Waals surface area (Å²) >= 11 is 0. The second kappa shape index (κ2) is 12.1. The first-order valence-electron chi connectivity index (χ1n) is 9.55. The van der Waals surface area contributed by atoms with Crippen LogP contribution in [0.2, 0.25) is 0 Å². The van der Waals surface area contributed by atoms with Gasteiger partial charge in [-0.25, -0.2) is 4.39 Å². The molecule has 3 heterocycles. The monoisotopic (exact) mass is 456 g/mol. The van der Waals surface area contributed by atoms with Crippen molar-refractivity contribution in [1.29, 1.82) is 0 Å². The van der Waals surface area contributed by atoms with E-state index in [4.69, 9.17) is 4.98 Å². The van der Waals surface area contributed by atoms with Crippen LogP contribution in [0.15, 0.2) is 85.5 Å². The lowest BCUT2D eigenvalue weighted by atomic mass is 10.0. The first kappa shape index (κ1) is 24.4. The van der Waals surface area contributed by atoms with E-state index in [-0.39, 0.29) is 30.6 Å². The molecule has 0 aliphatic rings. The molecule has 0 amide bonds. The second-order valence-corrected chi connectivity index (χ2v) is 6.72. The van der Waals surface area contributed by atoms with Crippen LogP contribution in [0.1, 0.15) is 11.3 Å². The van der Waals surface area contributed by atoms with Crippen molar-refractivity contribution in [1.82, 2.24) is 20.3 Å². The molecule has 7 heteroatoms. The Hall–Kier alpha value is -2.86. The number of nitrogens with one attached hydrogen (secondary N) is 1. The number of aromatic nitrogens is 3. The van der Waals surface area contributed by atoms with Gasteiger partial charge in [-0.3, -0.25) is 15.0 Å². The normalized spacial score (nSPS) is 10.1. The average molecular weight is 457 g/mol. The molecule has 0 fully saturated rings. The van der Waals surface area contributed by atoms with E-state index in [0.717, 1.165) is 46.6 Å². The minimum absolute atomic E-state index is 0. The Morgan fingerprint density at radius 2 is 1.55 bits per heavy atom. The van der Waals surface area contributed by atoms with Gasteiger partial charge in [0.25, 0.3) is 0 Å². The van der Waals surface area contributed by atoms with Gasteiger partial charge in [-0.2, -0.15) is 0 Å². The first-order valence-corrected chi connectivity index (χ1v) is 9.55. The molecule has 0 aliphatic heterocycles. The molecule has 0 spiro atoms. The van der Waals surface area contributed by atoms with Crippen molar-refractivity contribution in [2.24, 2.45) is 0 Å². The van der Waals surface area contributed by atoms with Crippen LogP contribution >= 0.6 is 24.8 Å². The summed E-state index contributed by atoms with van der Waals surface area (Å²) in [6, 6.07) is 18.5. The SMILES string of the molecule is Cl.Cl.Fc1ccc(-c2cnc(-c3ccncc3)c(CNCCc3ccccn3)c2)cc1. The van der Waals surface area contributed by atoms with Crippen LogP contribution in [0.3, 0.4) is 0 Å². The van der Waals surface area contributed by atoms with Crippen LogP contribution in [0.5, 0.6) is 0 Å². The van der Waals surface area contributed by atoms with Gasteiger partial charge in [0.1, 0.15) is 5.82 Å². The highest BCUT2D eigenvalue weighted by molar-refractivity contribution is 5.85. The summed E-state index contributed by atoms with van der Waals surface area (Å²) < 4.78 is 13.3. The maximum atomic E-state index is 13.3. The third kappa shape index (κ3) is 6.56. The van der Waals surface area contributed by atoms with Crippen molar-refractivity contribution >= 4 is 24.8 Å². The fourth-order valence-electron chi connectivity index (χ4n) is 3.20. The third-order valence-electron chi connectivity index (χ3n) is 4.70. The predicted octanol–water partition coefficient (Wildman–Crippen LogP) is 5.52. The number of hydrogen-bond donors (Lipinski definition) is 1. The van der Waals surface area contributed by atoms with Gasteiger partial charge in [-0.05, 0) is 53.6 Å². The van der Waals surface area contributed by atoms with Crippen LogP contribution < -0.4 is 5.32 Å². The maximum absolute atomic E-state index is 13.3. The van der Waals surface area contributed by atoms with Gasteiger partial charge in [-0.15, -0.1) is 24.8 Å². The van der Waals surface area contributed by atoms with Crippen LogP contribution in [0.25, 0.3) is 22.4 Å². The van der Waals surface area contributed by atoms with E-state index in [1.165, 1.54) is 12.1 Å². The molecule has 0 atom stereocenters. The summed E-state index contributed by atoms with van der Waals surface area (Å²) in [5.41, 5.74) is 5.99. The Morgan fingerprint density at radius 3 is 2.26 bits per heavy atom. The quantitative estimate of drug-likeness (QED) is 0.372. The van der Waals surface area contributed by atoms with E-state index in [1.807, 2.05) is 42.7 Å². The van der Waals surface area contributed by atoms with Gasteiger partial charge >= 0.3 is 0 Å². The number of pyridine rings is 3. The largest absolute Gasteiger partial charge is 0.312 e. The summed E-state index contributed by atoms with van der Waals surface area (Å²) in [5, 5.41) is 3.49. The number of nitrogens with zero attached hydrogens (tertiary/aromatic N) is 3. The van der Waals surface area contributed by atoms with E-state index in [1.54, 1.807) is 24.5 Å². The second-order valence-electron chi connectivity index (χ2n) is 6.72. The maximum Gasteiger partial charge on any atom is 0.123 e. The molecule has 0 radical (unpaired) electrons. The topological polar surface area (TPSA) is 50.7 Å². The van der Waals surface area contributed by atoms with Crippen molar-refractivity contribution in [3.05, 3.63) is 103 Å². The highest BCUT2D eigenvalue weighted by Crippen LogP contribution is 2.26. The molecule has 0 aliphatic carbocycles. The van der Waals surface area contributed by atoms with E-state index in [2.05, 4.69) is 21.4 Å². The van der Waals surface area contributed by atoms with Gasteiger partial charge in [0, 0.05) is 61.1 Å². The van der Waals surface area contributed by atoms with Crippen LogP contribution in [0.4, 0.5) is 4.39 Å². The van der Waals surface area contributed by atoms with Gasteiger partial charge in [-0.1, -0.05) is 18.2 Å². The molecule has 0 saturated heterocycles. The zero-order chi connectivity index (χ0) is 19.9. The van der Waals surface area contributed by atoms with Crippen molar-refractivity contribution in [3.63, 3.8) is 0 Å². The minimum Gasteiger partial charge on any atom is -0.312 e. The first-order chi connectivity index (χ1) is 14.3. The molecule has 3 aromatic heterocycles. The zero-order valence-corrected chi connectivity index (χ0v) is 18.4. The van der Waals surface area contributed by atoms with Crippen molar-refractivity contribution in [3.8, 4) is 22.4 Å². The van der Waals surface area contributed by atoms with Crippen LogP contribution in [-0.4, -0.2) is 21.5 Å². The third-order valence-corrected chi connectivity index (χ3v) is 4.70. The van der Waals surface area contributed by atoms with E-state index in [9.17, 15) is 4.39 Å². The minimum atomic E-state index is -0.244. The number of benzene rings is 1. The Balaban J connectivity index is 0.00000171. The molecule has 1 N–H and O–H groups in total. The molecule has 4 rings (SSSR count). The smallest absolute Gasteiger partial charge is 0.123 e. The Morgan fingerprint density at radius 1 is 0.774 bits per heavy atom. The van der Waals surface area contributed by atoms with Crippen LogP contribution in [0, 0.1) is 5.82 Å². The number of hydrogen-bond acceptors (Lipinski definition) is 4. The molecule has 0 saturated carbocycles. The summed E-state index contributed by atoms with van der Waals surface area (Å²) in [6.45, 7) is 1.49. The van der Waals surface area contributed by atoms with Gasteiger partial charge in [0.2, 0.25) is 0 Å². The lowest BCUT2D eigenvalue weighted by Crippen LogP contribution is -2.18. The molecule has 4 nitrogen and oxygen atoms in total. The van der Waals surface area contributed by atoms with Crippen molar-refractivity contribution in [2.45, 2.75) is 13.0 Å². The number of rotatable bonds is 7. The molecule has 1 aromatic carbocycles. The van der Waals surface area contributed by atoms with E-state index < -0.39 is 0 Å². The predicted molar refractivity (Wildman–Crippen MR) is 127 cm³/mol. The summed E-state index contributed by atoms with van der Waals surface area (Å²) in [4.78, 5) is 13.2. The summed E-state index contributed by atoms with van der Waals surface area (Å²) in [5.74, 6) is -0.244. The molecule has 4 aromatic rings. The zero-order valence-electron chi connectivity index (χ0n) is 16.7. The van der Waals surface area contributed by atoms with E-state index in [0.29, 0.717) is 6.54 Å². The number of halogens is 3. The molecule has 31 heavy (non-hydrogen) atoms. The molecule has 0 unspecified atom stereocenters. The lowest BCUT2D eigenvalue weighted by Gasteiger charge is -2.12. The standard InChI is InChI=1S/C24H21FN4.2ClH/c25-22-6-4-18(5-7-22)20-15-21(16-27-14-10-23-3-1-2-11-28-23)24(29-17-20)19-8-12-26-13-9-19;;/h1-9,11-13,15,17,27H,10,14,16H2;2*1H. The molecule has 160 valence electrons. The lowest BCUT2D eigenvalue weighted by molar-refractivity contribution is 0.628. The fourth-order valence-corrected chi connectivity index (χ4v) is 3.20. The fraction of sp³-hybridized carbons (Fsp3) is 0.125. The van der Waals surface area contributed by atoms with Gasteiger partial charge < -0.3 is 5.32 Å². The summed E-state index contributed by atoms with van der Waals surface area (Å²) in [7, 11) is 0. The Bertz CT molecular complexity index is 1060. The molecular weight excluding hydrogens is 434 g/mol. The van der Waals surface area contributed by atoms with Gasteiger partial charge in [0.15, 0.2) is 0 Å². The highest BCUT2D eigenvalue weighted by atomic mass is 35.5. The average Bonchev–Trinajstić information content (AvgIpc) is 2.78. The Kier molecular flexibility index (Phi) is 9.53. The van der Waals surface area contributed by atoms with Crippen molar-refractivity contribution < 1.29 is 4.39 Å². The highest BCUT2D eigenvalue weighted by Gasteiger charge is 2.10. The molecule has 0 bridgehead atoms. The van der Waals surface area contributed by atoms with Crippen molar-refractivity contribution in [2.75, 3.05) is 6.54 Å². The Labute approximate surface area is 193 Å². The summed E-state index contributed by atoms with van der Waals surface area (Å²) in [6.07, 6.45) is 8.04. The molecular formula is C24H23Cl2FN4. The van der Waals surface area contributed by atoms with Crippen LogP contribution in [-0.2, 0) is 13.0 Å².